The van der Waals surface area contributed by atoms with Crippen molar-refractivity contribution in [3.05, 3.63) is 57.5 Å². The molecule has 0 bridgehead atoms. The molecule has 0 atom stereocenters. The maximum absolute atomic E-state index is 6.05. The highest BCUT2D eigenvalue weighted by Crippen LogP contribution is 2.25. The Morgan fingerprint density at radius 2 is 1.95 bits per heavy atom. The molecule has 0 fully saturated rings. The number of rotatable bonds is 5. The lowest BCUT2D eigenvalue weighted by Gasteiger charge is -2.11. The Labute approximate surface area is 154 Å². The summed E-state index contributed by atoms with van der Waals surface area (Å²) in [7, 11) is 0. The van der Waals surface area contributed by atoms with Gasteiger partial charge in [-0.3, -0.25) is 0 Å². The van der Waals surface area contributed by atoms with E-state index >= 15 is 0 Å². The second-order valence-corrected chi connectivity index (χ2v) is 7.51. The Hall–Kier alpha value is -0.750. The summed E-state index contributed by atoms with van der Waals surface area (Å²) in [5.41, 5.74) is 2.15. The van der Waals surface area contributed by atoms with Gasteiger partial charge in [-0.25, -0.2) is 0 Å². The van der Waals surface area contributed by atoms with Gasteiger partial charge < -0.3 is 10.6 Å². The monoisotopic (exact) mass is 414 g/mol. The van der Waals surface area contributed by atoms with Gasteiger partial charge in [-0.05, 0) is 65.4 Å². The van der Waals surface area contributed by atoms with Crippen LogP contribution in [0.1, 0.15) is 5.56 Å². The number of thioether (sulfide) groups is 1. The lowest BCUT2D eigenvalue weighted by Crippen LogP contribution is -2.30. The molecule has 22 heavy (non-hydrogen) atoms. The number of thiocarbonyl (C=S) groups is 1. The fourth-order valence-corrected chi connectivity index (χ4v) is 3.13. The molecule has 2 N–H and O–H groups in total. The van der Waals surface area contributed by atoms with Gasteiger partial charge in [0.1, 0.15) is 0 Å². The zero-order valence-corrected chi connectivity index (χ0v) is 16.0. The van der Waals surface area contributed by atoms with Crippen molar-refractivity contribution in [3.63, 3.8) is 0 Å². The molecular weight excluding hydrogens is 400 g/mol. The Morgan fingerprint density at radius 3 is 2.64 bits per heavy atom. The molecule has 0 heterocycles. The molecule has 0 saturated heterocycles. The molecule has 0 spiro atoms. The largest absolute Gasteiger partial charge is 0.362 e. The molecule has 116 valence electrons. The van der Waals surface area contributed by atoms with Gasteiger partial charge in [0, 0.05) is 27.4 Å². The molecule has 0 saturated carbocycles. The van der Waals surface area contributed by atoms with E-state index in [0.29, 0.717) is 10.1 Å². The van der Waals surface area contributed by atoms with E-state index in [1.807, 2.05) is 18.2 Å². The van der Waals surface area contributed by atoms with Gasteiger partial charge in [0.25, 0.3) is 0 Å². The number of halogens is 2. The fraction of sp³-hybridized carbons (Fsp3) is 0.188. The SMILES string of the molecule is Cc1ccc(SCCNC(=S)Nc2ccc(Br)c(Cl)c2)cc1. The molecule has 0 amide bonds. The van der Waals surface area contributed by atoms with E-state index in [-0.39, 0.29) is 0 Å². The minimum Gasteiger partial charge on any atom is -0.362 e. The second-order valence-electron chi connectivity index (χ2n) is 4.67. The molecule has 6 heteroatoms. The van der Waals surface area contributed by atoms with Crippen molar-refractivity contribution in [1.29, 1.82) is 0 Å². The van der Waals surface area contributed by atoms with Crippen molar-refractivity contribution in [2.75, 3.05) is 17.6 Å². The first-order valence-electron chi connectivity index (χ1n) is 6.74. The highest BCUT2D eigenvalue weighted by Gasteiger charge is 2.01. The molecule has 2 aromatic carbocycles. The summed E-state index contributed by atoms with van der Waals surface area (Å²) in [5, 5.41) is 7.57. The summed E-state index contributed by atoms with van der Waals surface area (Å²) >= 11 is 16.5. The normalized spacial score (nSPS) is 10.3. The van der Waals surface area contributed by atoms with E-state index in [4.69, 9.17) is 23.8 Å². The van der Waals surface area contributed by atoms with Crippen LogP contribution in [0.5, 0.6) is 0 Å². The van der Waals surface area contributed by atoms with Gasteiger partial charge in [-0.15, -0.1) is 11.8 Å². The minimum atomic E-state index is 0.600. The third-order valence-electron chi connectivity index (χ3n) is 2.85. The molecule has 0 aliphatic carbocycles. The predicted octanol–water partition coefficient (Wildman–Crippen LogP) is 5.49. The van der Waals surface area contributed by atoms with Crippen LogP contribution >= 0.6 is 51.5 Å². The number of aryl methyl sites for hydroxylation is 1. The average molecular weight is 416 g/mol. The summed E-state index contributed by atoms with van der Waals surface area (Å²) in [4.78, 5) is 1.27. The van der Waals surface area contributed by atoms with Gasteiger partial charge in [0.2, 0.25) is 0 Å². The second kappa shape index (κ2) is 8.77. The van der Waals surface area contributed by atoms with Crippen LogP contribution in [0.4, 0.5) is 5.69 Å². The Morgan fingerprint density at radius 1 is 1.23 bits per heavy atom. The summed E-state index contributed by atoms with van der Waals surface area (Å²) < 4.78 is 0.869. The van der Waals surface area contributed by atoms with Gasteiger partial charge >= 0.3 is 0 Å². The smallest absolute Gasteiger partial charge is 0.170 e. The summed E-state index contributed by atoms with van der Waals surface area (Å²) in [5.74, 6) is 0.950. The topological polar surface area (TPSA) is 24.1 Å². The first-order valence-corrected chi connectivity index (χ1v) is 9.30. The van der Waals surface area contributed by atoms with Gasteiger partial charge in [0.05, 0.1) is 5.02 Å². The van der Waals surface area contributed by atoms with Crippen molar-refractivity contribution >= 4 is 62.3 Å². The highest BCUT2D eigenvalue weighted by molar-refractivity contribution is 9.10. The maximum atomic E-state index is 6.05. The zero-order chi connectivity index (χ0) is 15.9. The van der Waals surface area contributed by atoms with Gasteiger partial charge in [0.15, 0.2) is 5.11 Å². The van der Waals surface area contributed by atoms with Crippen LogP contribution in [0.3, 0.4) is 0 Å². The van der Waals surface area contributed by atoms with Crippen molar-refractivity contribution in [3.8, 4) is 0 Å². The van der Waals surface area contributed by atoms with Crippen molar-refractivity contribution in [1.82, 2.24) is 5.32 Å². The predicted molar refractivity (Wildman–Crippen MR) is 105 cm³/mol. The Bertz CT molecular complexity index is 647. The fourth-order valence-electron chi connectivity index (χ4n) is 1.72. The van der Waals surface area contributed by atoms with Crippen LogP contribution in [0.15, 0.2) is 51.8 Å². The van der Waals surface area contributed by atoms with Crippen LogP contribution in [-0.2, 0) is 0 Å². The molecule has 2 rings (SSSR count). The molecule has 0 aromatic heterocycles. The standard InChI is InChI=1S/C16H16BrClN2S2/c1-11-2-5-13(6-3-11)22-9-8-19-16(21)20-12-4-7-14(17)15(18)10-12/h2-7,10H,8-9H2,1H3,(H2,19,20,21). The number of hydrogen-bond donors (Lipinski definition) is 2. The van der Waals surface area contributed by atoms with E-state index < -0.39 is 0 Å². The van der Waals surface area contributed by atoms with E-state index in [2.05, 4.69) is 57.8 Å². The average Bonchev–Trinajstić information content (AvgIpc) is 2.49. The quantitative estimate of drug-likeness (QED) is 0.383. The highest BCUT2D eigenvalue weighted by atomic mass is 79.9. The number of nitrogens with one attached hydrogen (secondary N) is 2. The molecule has 0 unspecified atom stereocenters. The summed E-state index contributed by atoms with van der Waals surface area (Å²) in [6, 6.07) is 14.2. The molecule has 0 radical (unpaired) electrons. The first-order chi connectivity index (χ1) is 10.5. The molecule has 2 nitrogen and oxygen atoms in total. The molecule has 0 aliphatic rings. The van der Waals surface area contributed by atoms with E-state index in [1.165, 1.54) is 10.5 Å². The Kier molecular flexibility index (Phi) is 7.02. The molecule has 2 aromatic rings. The lowest BCUT2D eigenvalue weighted by molar-refractivity contribution is 0.990. The first kappa shape index (κ1) is 17.6. The van der Waals surface area contributed by atoms with Crippen LogP contribution in [0.2, 0.25) is 5.02 Å². The molecule has 0 aliphatic heterocycles. The van der Waals surface area contributed by atoms with E-state index in [9.17, 15) is 0 Å². The third-order valence-corrected chi connectivity index (χ3v) is 5.35. The van der Waals surface area contributed by atoms with Gasteiger partial charge in [-0.2, -0.15) is 0 Å². The van der Waals surface area contributed by atoms with Crippen LogP contribution in [0.25, 0.3) is 0 Å². The number of anilines is 1. The van der Waals surface area contributed by atoms with Crippen molar-refractivity contribution < 1.29 is 0 Å². The van der Waals surface area contributed by atoms with Gasteiger partial charge in [-0.1, -0.05) is 29.3 Å². The number of benzene rings is 2. The number of hydrogen-bond acceptors (Lipinski definition) is 2. The molecular formula is C16H16BrClN2S2. The Balaban J connectivity index is 1.71. The van der Waals surface area contributed by atoms with Crippen LogP contribution < -0.4 is 10.6 Å². The van der Waals surface area contributed by atoms with E-state index in [1.54, 1.807) is 11.8 Å². The van der Waals surface area contributed by atoms with E-state index in [0.717, 1.165) is 22.5 Å². The zero-order valence-electron chi connectivity index (χ0n) is 12.0. The summed E-state index contributed by atoms with van der Waals surface area (Å²) in [6.45, 7) is 2.89. The summed E-state index contributed by atoms with van der Waals surface area (Å²) in [6.07, 6.45) is 0. The van der Waals surface area contributed by atoms with Crippen molar-refractivity contribution in [2.24, 2.45) is 0 Å². The van der Waals surface area contributed by atoms with Crippen LogP contribution in [0, 0.1) is 6.92 Å². The lowest BCUT2D eigenvalue weighted by atomic mass is 10.2. The minimum absolute atomic E-state index is 0.600. The maximum Gasteiger partial charge on any atom is 0.170 e. The third kappa shape index (κ3) is 5.80. The van der Waals surface area contributed by atoms with Crippen molar-refractivity contribution in [2.45, 2.75) is 11.8 Å². The van der Waals surface area contributed by atoms with Crippen LogP contribution in [-0.4, -0.2) is 17.4 Å².